The summed E-state index contributed by atoms with van der Waals surface area (Å²) in [4.78, 5) is 26.6. The van der Waals surface area contributed by atoms with Crippen molar-refractivity contribution in [2.24, 2.45) is 11.8 Å². The minimum atomic E-state index is -1.03. The van der Waals surface area contributed by atoms with Crippen LogP contribution in [0, 0.1) is 11.8 Å². The van der Waals surface area contributed by atoms with E-state index in [9.17, 15) is 9.59 Å². The Kier molecular flexibility index (Phi) is 3.82. The highest BCUT2D eigenvalue weighted by molar-refractivity contribution is 5.96. The van der Waals surface area contributed by atoms with Gasteiger partial charge in [0.2, 0.25) is 0 Å². The summed E-state index contributed by atoms with van der Waals surface area (Å²) in [6, 6.07) is -0.431. The van der Waals surface area contributed by atoms with E-state index in [1.807, 2.05) is 12.2 Å². The fourth-order valence-electron chi connectivity index (χ4n) is 4.16. The van der Waals surface area contributed by atoms with Gasteiger partial charge in [-0.2, -0.15) is 0 Å². The van der Waals surface area contributed by atoms with E-state index in [1.165, 1.54) is 14.2 Å². The first-order chi connectivity index (χ1) is 10.6. The summed E-state index contributed by atoms with van der Waals surface area (Å²) in [5.41, 5.74) is -0.610. The van der Waals surface area contributed by atoms with Crippen LogP contribution in [0.15, 0.2) is 24.8 Å². The molecule has 0 amide bonds. The standard InChI is InChI=1S/C16H21NO5/c1-4-7-17-9-10-8-11-5-6-16(10,22-11)13(17)12(14(18)20-2)15(19)21-3/h4-6,10-13H,1,7-9H2,2-3H3/t10-,11+,13-,16-/m0/s1. The summed E-state index contributed by atoms with van der Waals surface area (Å²) in [5, 5.41) is 0. The van der Waals surface area contributed by atoms with Gasteiger partial charge in [-0.1, -0.05) is 18.2 Å². The Morgan fingerprint density at radius 1 is 1.45 bits per heavy atom. The second kappa shape index (κ2) is 5.52. The zero-order valence-electron chi connectivity index (χ0n) is 12.9. The molecule has 2 saturated heterocycles. The van der Waals surface area contributed by atoms with Crippen LogP contribution in [0.1, 0.15) is 6.42 Å². The monoisotopic (exact) mass is 307 g/mol. The van der Waals surface area contributed by atoms with Gasteiger partial charge in [0.1, 0.15) is 5.60 Å². The maximum Gasteiger partial charge on any atom is 0.321 e. The van der Waals surface area contributed by atoms with Crippen molar-refractivity contribution < 1.29 is 23.8 Å². The Bertz CT molecular complexity index is 515. The average molecular weight is 307 g/mol. The number of likely N-dealkylation sites (tertiary alicyclic amines) is 1. The van der Waals surface area contributed by atoms with Crippen molar-refractivity contribution in [1.82, 2.24) is 4.90 Å². The number of ether oxygens (including phenoxy) is 3. The molecule has 3 aliphatic rings. The van der Waals surface area contributed by atoms with E-state index in [4.69, 9.17) is 14.2 Å². The molecule has 4 atom stereocenters. The molecule has 0 radical (unpaired) electrons. The lowest BCUT2D eigenvalue weighted by Gasteiger charge is -2.36. The average Bonchev–Trinajstić information content (AvgIpc) is 3.16. The van der Waals surface area contributed by atoms with Crippen molar-refractivity contribution in [1.29, 1.82) is 0 Å². The van der Waals surface area contributed by atoms with Crippen molar-refractivity contribution in [3.8, 4) is 0 Å². The number of carbonyl (C=O) groups excluding carboxylic acids is 2. The van der Waals surface area contributed by atoms with Crippen molar-refractivity contribution in [2.45, 2.75) is 24.2 Å². The Labute approximate surface area is 129 Å². The van der Waals surface area contributed by atoms with Crippen LogP contribution in [-0.2, 0) is 23.8 Å². The van der Waals surface area contributed by atoms with Gasteiger partial charge in [-0.3, -0.25) is 14.5 Å². The second-order valence-corrected chi connectivity index (χ2v) is 6.01. The lowest BCUT2D eigenvalue weighted by molar-refractivity contribution is -0.165. The number of esters is 2. The molecule has 3 heterocycles. The van der Waals surface area contributed by atoms with Gasteiger partial charge < -0.3 is 14.2 Å². The fraction of sp³-hybridized carbons (Fsp3) is 0.625. The predicted molar refractivity (Wildman–Crippen MR) is 77.9 cm³/mol. The number of fused-ring (bicyclic) bond motifs is 1. The number of hydrogen-bond donors (Lipinski definition) is 0. The molecule has 0 aromatic carbocycles. The molecule has 3 aliphatic heterocycles. The van der Waals surface area contributed by atoms with E-state index in [0.717, 1.165) is 13.0 Å². The van der Waals surface area contributed by atoms with Crippen molar-refractivity contribution >= 4 is 11.9 Å². The Balaban J connectivity index is 2.01. The first-order valence-corrected chi connectivity index (χ1v) is 7.45. The van der Waals surface area contributed by atoms with Gasteiger partial charge in [-0.05, 0) is 6.42 Å². The smallest absolute Gasteiger partial charge is 0.321 e. The van der Waals surface area contributed by atoms with Gasteiger partial charge in [0.05, 0.1) is 26.4 Å². The molecular formula is C16H21NO5. The van der Waals surface area contributed by atoms with Crippen molar-refractivity contribution in [2.75, 3.05) is 27.3 Å². The van der Waals surface area contributed by atoms with Crippen LogP contribution in [0.25, 0.3) is 0 Å². The molecule has 1 spiro atoms. The van der Waals surface area contributed by atoms with Crippen LogP contribution in [0.5, 0.6) is 0 Å². The molecule has 0 aliphatic carbocycles. The van der Waals surface area contributed by atoms with Gasteiger partial charge in [0, 0.05) is 19.0 Å². The minimum Gasteiger partial charge on any atom is -0.468 e. The minimum absolute atomic E-state index is 0.0781. The third-order valence-corrected chi connectivity index (χ3v) is 4.98. The Morgan fingerprint density at radius 2 is 2.14 bits per heavy atom. The summed E-state index contributed by atoms with van der Waals surface area (Å²) in [5.74, 6) is -1.94. The first-order valence-electron chi connectivity index (χ1n) is 7.45. The summed E-state index contributed by atoms with van der Waals surface area (Å²) in [6.07, 6.45) is 6.79. The van der Waals surface area contributed by atoms with Crippen molar-refractivity contribution in [3.63, 3.8) is 0 Å². The van der Waals surface area contributed by atoms with Crippen LogP contribution in [0.4, 0.5) is 0 Å². The van der Waals surface area contributed by atoms with Crippen LogP contribution in [-0.4, -0.2) is 61.9 Å². The molecular weight excluding hydrogens is 286 g/mol. The summed E-state index contributed by atoms with van der Waals surface area (Å²) < 4.78 is 15.8. The lowest BCUT2D eigenvalue weighted by atomic mass is 9.77. The number of methoxy groups -OCH3 is 2. The van der Waals surface area contributed by atoms with Crippen LogP contribution in [0.2, 0.25) is 0 Å². The van der Waals surface area contributed by atoms with Gasteiger partial charge in [-0.25, -0.2) is 0 Å². The third kappa shape index (κ3) is 2.01. The zero-order valence-corrected chi connectivity index (χ0v) is 12.9. The van der Waals surface area contributed by atoms with E-state index in [-0.39, 0.29) is 12.0 Å². The Morgan fingerprint density at radius 3 is 2.68 bits per heavy atom. The predicted octanol–water partition coefficient (Wildman–Crippen LogP) is 0.532. The van der Waals surface area contributed by atoms with E-state index < -0.39 is 29.5 Å². The Hall–Kier alpha value is -1.66. The summed E-state index contributed by atoms with van der Waals surface area (Å²) >= 11 is 0. The molecule has 22 heavy (non-hydrogen) atoms. The highest BCUT2D eigenvalue weighted by atomic mass is 16.5. The fourth-order valence-corrected chi connectivity index (χ4v) is 4.16. The van der Waals surface area contributed by atoms with Crippen LogP contribution < -0.4 is 0 Å². The van der Waals surface area contributed by atoms with Crippen LogP contribution >= 0.6 is 0 Å². The molecule has 2 fully saturated rings. The highest BCUT2D eigenvalue weighted by Gasteiger charge is 2.65. The number of carbonyl (C=O) groups is 2. The van der Waals surface area contributed by atoms with Gasteiger partial charge >= 0.3 is 11.9 Å². The molecule has 0 aromatic heterocycles. The molecule has 120 valence electrons. The van der Waals surface area contributed by atoms with Crippen molar-refractivity contribution in [3.05, 3.63) is 24.8 Å². The SMILES string of the molecule is C=CCN1C[C@@H]2C[C@H]3C=C[C@@]2(O3)[C@@H]1C(C(=O)OC)C(=O)OC. The van der Waals surface area contributed by atoms with E-state index in [2.05, 4.69) is 11.5 Å². The van der Waals surface area contributed by atoms with Gasteiger partial charge in [-0.15, -0.1) is 6.58 Å². The summed E-state index contributed by atoms with van der Waals surface area (Å²) in [6.45, 7) is 5.11. The quantitative estimate of drug-likeness (QED) is 0.419. The van der Waals surface area contributed by atoms with Gasteiger partial charge in [0.15, 0.2) is 5.92 Å². The number of nitrogens with zero attached hydrogens (tertiary/aromatic N) is 1. The maximum absolute atomic E-state index is 12.3. The molecule has 6 heteroatoms. The molecule has 0 aromatic rings. The zero-order chi connectivity index (χ0) is 15.9. The number of hydrogen-bond acceptors (Lipinski definition) is 6. The lowest BCUT2D eigenvalue weighted by Crippen LogP contribution is -2.54. The third-order valence-electron chi connectivity index (χ3n) is 4.98. The highest BCUT2D eigenvalue weighted by Crippen LogP contribution is 2.53. The summed E-state index contributed by atoms with van der Waals surface area (Å²) in [7, 11) is 2.56. The topological polar surface area (TPSA) is 65.1 Å². The molecule has 0 N–H and O–H groups in total. The van der Waals surface area contributed by atoms with Gasteiger partial charge in [0.25, 0.3) is 0 Å². The second-order valence-electron chi connectivity index (χ2n) is 6.01. The first kappa shape index (κ1) is 15.2. The molecule has 3 rings (SSSR count). The molecule has 2 bridgehead atoms. The molecule has 6 nitrogen and oxygen atoms in total. The largest absolute Gasteiger partial charge is 0.468 e. The van der Waals surface area contributed by atoms with E-state index >= 15 is 0 Å². The number of rotatable bonds is 5. The molecule has 0 unspecified atom stereocenters. The molecule has 0 saturated carbocycles. The normalized spacial score (nSPS) is 35.7. The maximum atomic E-state index is 12.3. The van der Waals surface area contributed by atoms with E-state index in [1.54, 1.807) is 6.08 Å². The van der Waals surface area contributed by atoms with E-state index in [0.29, 0.717) is 6.54 Å². The van der Waals surface area contributed by atoms with Crippen LogP contribution in [0.3, 0.4) is 0 Å².